The molecule has 0 aliphatic heterocycles. The van der Waals surface area contributed by atoms with Crippen LogP contribution in [0.3, 0.4) is 0 Å². The second-order valence-corrected chi connectivity index (χ2v) is 3.32. The van der Waals surface area contributed by atoms with Gasteiger partial charge in [0.15, 0.2) is 0 Å². The van der Waals surface area contributed by atoms with Crippen LogP contribution in [0, 0.1) is 22.9 Å². The first-order valence-electron chi connectivity index (χ1n) is 4.52. The molecular formula is C10H8FN3O2. The van der Waals surface area contributed by atoms with Crippen molar-refractivity contribution in [3.05, 3.63) is 52.3 Å². The molecule has 1 aromatic heterocycles. The zero-order chi connectivity index (χ0) is 11.7. The number of nitro benzene ring substituents is 1. The highest BCUT2D eigenvalue weighted by Crippen LogP contribution is 2.25. The van der Waals surface area contributed by atoms with Gasteiger partial charge in [0, 0.05) is 12.4 Å². The van der Waals surface area contributed by atoms with Crippen molar-refractivity contribution >= 4 is 5.69 Å². The van der Waals surface area contributed by atoms with E-state index in [1.807, 2.05) is 0 Å². The third-order valence-electron chi connectivity index (χ3n) is 2.24. The first kappa shape index (κ1) is 10.3. The Morgan fingerprint density at radius 1 is 1.50 bits per heavy atom. The fraction of sp³-hybridized carbons (Fsp3) is 0.100. The summed E-state index contributed by atoms with van der Waals surface area (Å²) < 4.78 is 14.7. The van der Waals surface area contributed by atoms with Crippen molar-refractivity contribution in [3.63, 3.8) is 0 Å². The molecule has 0 aliphatic carbocycles. The van der Waals surface area contributed by atoms with Crippen molar-refractivity contribution < 1.29 is 9.31 Å². The third kappa shape index (κ3) is 1.65. The predicted molar refractivity (Wildman–Crippen MR) is 54.9 cm³/mol. The maximum absolute atomic E-state index is 13.2. The molecule has 0 spiro atoms. The van der Waals surface area contributed by atoms with E-state index in [4.69, 9.17) is 0 Å². The Balaban J connectivity index is 2.68. The summed E-state index contributed by atoms with van der Waals surface area (Å²) in [6.45, 7) is 1.56. The minimum atomic E-state index is -0.613. The molecule has 0 radical (unpaired) electrons. The summed E-state index contributed by atoms with van der Waals surface area (Å²) in [5, 5.41) is 10.8. The molecule has 16 heavy (non-hydrogen) atoms. The summed E-state index contributed by atoms with van der Waals surface area (Å²) >= 11 is 0. The van der Waals surface area contributed by atoms with Gasteiger partial charge in [-0.05, 0) is 18.6 Å². The number of hydrogen-bond donors (Lipinski definition) is 0. The van der Waals surface area contributed by atoms with Gasteiger partial charge < -0.3 is 4.57 Å². The molecule has 0 bridgehead atoms. The molecule has 0 N–H and O–H groups in total. The fourth-order valence-corrected chi connectivity index (χ4v) is 1.41. The van der Waals surface area contributed by atoms with E-state index in [9.17, 15) is 14.5 Å². The second-order valence-electron chi connectivity index (χ2n) is 3.32. The number of hydrogen-bond acceptors (Lipinski definition) is 3. The summed E-state index contributed by atoms with van der Waals surface area (Å²) in [6.07, 6.45) is 4.50. The van der Waals surface area contributed by atoms with Gasteiger partial charge in [-0.3, -0.25) is 10.1 Å². The molecule has 5 nitrogen and oxygen atoms in total. The first-order valence-corrected chi connectivity index (χ1v) is 4.52. The van der Waals surface area contributed by atoms with Gasteiger partial charge in [-0.15, -0.1) is 0 Å². The summed E-state index contributed by atoms with van der Waals surface area (Å²) in [4.78, 5) is 14.0. The maximum Gasteiger partial charge on any atom is 0.296 e. The van der Waals surface area contributed by atoms with E-state index in [0.717, 1.165) is 6.07 Å². The molecule has 82 valence electrons. The average Bonchev–Trinajstić information content (AvgIpc) is 2.74. The lowest BCUT2D eigenvalue weighted by molar-refractivity contribution is -0.384. The smallest absolute Gasteiger partial charge is 0.296 e. The van der Waals surface area contributed by atoms with Gasteiger partial charge >= 0.3 is 0 Å². The molecule has 0 atom stereocenters. The van der Waals surface area contributed by atoms with Gasteiger partial charge in [-0.25, -0.2) is 9.37 Å². The molecular weight excluding hydrogens is 213 g/mol. The summed E-state index contributed by atoms with van der Waals surface area (Å²) in [7, 11) is 0. The third-order valence-corrected chi connectivity index (χ3v) is 2.24. The zero-order valence-corrected chi connectivity index (χ0v) is 8.42. The molecule has 0 fully saturated rings. The van der Waals surface area contributed by atoms with Crippen LogP contribution in [0.5, 0.6) is 0 Å². The Bertz CT molecular complexity index is 537. The SMILES string of the molecule is Cc1cc(-n2ccnc2)c([N+](=O)[O-])cc1F. The average molecular weight is 221 g/mol. The van der Waals surface area contributed by atoms with Crippen molar-refractivity contribution in [1.82, 2.24) is 9.55 Å². The first-order chi connectivity index (χ1) is 7.59. The number of nitrogens with zero attached hydrogens (tertiary/aromatic N) is 3. The normalized spacial score (nSPS) is 10.4. The molecule has 0 saturated heterocycles. The van der Waals surface area contributed by atoms with Crippen molar-refractivity contribution in [2.24, 2.45) is 0 Å². The Hall–Kier alpha value is -2.24. The number of halogens is 1. The number of aryl methyl sites for hydroxylation is 1. The van der Waals surface area contributed by atoms with Gasteiger partial charge in [0.1, 0.15) is 11.5 Å². The van der Waals surface area contributed by atoms with E-state index in [0.29, 0.717) is 11.3 Å². The van der Waals surface area contributed by atoms with Gasteiger partial charge in [0.05, 0.1) is 17.3 Å². The van der Waals surface area contributed by atoms with Crippen LogP contribution >= 0.6 is 0 Å². The predicted octanol–water partition coefficient (Wildman–Crippen LogP) is 2.23. The van der Waals surface area contributed by atoms with Crippen LogP contribution in [0.2, 0.25) is 0 Å². The molecule has 1 heterocycles. The van der Waals surface area contributed by atoms with Crippen LogP contribution in [0.15, 0.2) is 30.9 Å². The Morgan fingerprint density at radius 3 is 2.81 bits per heavy atom. The van der Waals surface area contributed by atoms with Gasteiger partial charge in [-0.1, -0.05) is 0 Å². The summed E-state index contributed by atoms with van der Waals surface area (Å²) in [6, 6.07) is 2.35. The van der Waals surface area contributed by atoms with Crippen molar-refractivity contribution in [1.29, 1.82) is 0 Å². The quantitative estimate of drug-likeness (QED) is 0.577. The number of benzene rings is 1. The fourth-order valence-electron chi connectivity index (χ4n) is 1.41. The molecule has 0 aliphatic rings. The Morgan fingerprint density at radius 2 is 2.25 bits per heavy atom. The van der Waals surface area contributed by atoms with Crippen LogP contribution in [-0.2, 0) is 0 Å². The molecule has 2 aromatic rings. The highest BCUT2D eigenvalue weighted by Gasteiger charge is 2.17. The van der Waals surface area contributed by atoms with Crippen molar-refractivity contribution in [2.75, 3.05) is 0 Å². The van der Waals surface area contributed by atoms with Gasteiger partial charge in [0.2, 0.25) is 0 Å². The highest BCUT2D eigenvalue weighted by molar-refractivity contribution is 5.54. The van der Waals surface area contributed by atoms with Crippen LogP contribution in [0.4, 0.5) is 10.1 Å². The van der Waals surface area contributed by atoms with E-state index >= 15 is 0 Å². The topological polar surface area (TPSA) is 61.0 Å². The summed E-state index contributed by atoms with van der Waals surface area (Å²) in [5.74, 6) is -0.587. The number of nitro groups is 1. The second kappa shape index (κ2) is 3.73. The van der Waals surface area contributed by atoms with E-state index in [1.165, 1.54) is 23.2 Å². The highest BCUT2D eigenvalue weighted by atomic mass is 19.1. The van der Waals surface area contributed by atoms with Crippen molar-refractivity contribution in [3.8, 4) is 5.69 Å². The minimum Gasteiger partial charge on any atom is -0.300 e. The number of rotatable bonds is 2. The largest absolute Gasteiger partial charge is 0.300 e. The Kier molecular flexibility index (Phi) is 2.40. The molecule has 0 unspecified atom stereocenters. The summed E-state index contributed by atoms with van der Waals surface area (Å²) in [5.41, 5.74) is 0.386. The minimum absolute atomic E-state index is 0.277. The van der Waals surface area contributed by atoms with Gasteiger partial charge in [0.25, 0.3) is 5.69 Å². The standard InChI is InChI=1S/C10H8FN3O2/c1-7-4-9(13-3-2-12-6-13)10(14(15)16)5-8(7)11/h2-6H,1H3. The number of aromatic nitrogens is 2. The van der Waals surface area contributed by atoms with E-state index < -0.39 is 10.7 Å². The van der Waals surface area contributed by atoms with Crippen LogP contribution in [-0.4, -0.2) is 14.5 Å². The van der Waals surface area contributed by atoms with Crippen molar-refractivity contribution in [2.45, 2.75) is 6.92 Å². The molecule has 1 aromatic carbocycles. The van der Waals surface area contributed by atoms with E-state index in [1.54, 1.807) is 13.1 Å². The molecule has 0 saturated carbocycles. The molecule has 2 rings (SSSR count). The van der Waals surface area contributed by atoms with Gasteiger partial charge in [-0.2, -0.15) is 0 Å². The van der Waals surface area contributed by atoms with Crippen LogP contribution < -0.4 is 0 Å². The lowest BCUT2D eigenvalue weighted by Crippen LogP contribution is -2.00. The van der Waals surface area contributed by atoms with Crippen LogP contribution in [0.1, 0.15) is 5.56 Å². The lowest BCUT2D eigenvalue weighted by atomic mass is 10.2. The number of imidazole rings is 1. The maximum atomic E-state index is 13.2. The Labute approximate surface area is 90.3 Å². The zero-order valence-electron chi connectivity index (χ0n) is 8.42. The lowest BCUT2D eigenvalue weighted by Gasteiger charge is -2.05. The van der Waals surface area contributed by atoms with Crippen LogP contribution in [0.25, 0.3) is 5.69 Å². The molecule has 6 heteroatoms. The van der Waals surface area contributed by atoms with E-state index in [2.05, 4.69) is 4.98 Å². The molecule has 0 amide bonds. The van der Waals surface area contributed by atoms with E-state index in [-0.39, 0.29) is 5.69 Å². The monoisotopic (exact) mass is 221 g/mol.